The van der Waals surface area contributed by atoms with Gasteiger partial charge in [-0.05, 0) is 63.3 Å². The van der Waals surface area contributed by atoms with Gasteiger partial charge in [0.15, 0.2) is 17.2 Å². The lowest BCUT2D eigenvalue weighted by Gasteiger charge is -2.26. The van der Waals surface area contributed by atoms with E-state index in [1.165, 1.54) is 23.6 Å². The van der Waals surface area contributed by atoms with E-state index in [1.54, 1.807) is 0 Å². The quantitative estimate of drug-likeness (QED) is 0.527. The minimum Gasteiger partial charge on any atom is -0.368 e. The standard InChI is InChI=1S/C23H26ClN9/c1-14-9-17(19(24)18(10-14)32-8-6-23(13-32)5-2-7-27-23)29-22-30-20(28-15-3-4-15)21-26-12-16(11-25)33(21)31-22/h9-10,12,15,27H,2-8,13H2,1H3,(H2,28,29,30,31). The average Bonchev–Trinajstić information content (AvgIpc) is 3.19. The number of fused-ring (bicyclic) bond motifs is 1. The topological polar surface area (TPSA) is 106 Å². The summed E-state index contributed by atoms with van der Waals surface area (Å²) in [5.74, 6) is 0.989. The molecule has 33 heavy (non-hydrogen) atoms. The van der Waals surface area contributed by atoms with Gasteiger partial charge in [0.25, 0.3) is 0 Å². The molecule has 170 valence electrons. The lowest BCUT2D eigenvalue weighted by atomic mass is 9.97. The maximum absolute atomic E-state index is 9.47. The van der Waals surface area contributed by atoms with E-state index in [1.807, 2.05) is 6.07 Å². The van der Waals surface area contributed by atoms with E-state index in [0.717, 1.165) is 55.8 Å². The number of rotatable bonds is 5. The summed E-state index contributed by atoms with van der Waals surface area (Å²) in [4.78, 5) is 11.4. The molecule has 1 unspecified atom stereocenters. The van der Waals surface area contributed by atoms with Crippen LogP contribution in [-0.2, 0) is 0 Å². The van der Waals surface area contributed by atoms with Crippen LogP contribution in [0.1, 0.15) is 43.4 Å². The van der Waals surface area contributed by atoms with Crippen molar-refractivity contribution in [2.75, 3.05) is 35.2 Å². The van der Waals surface area contributed by atoms with E-state index in [9.17, 15) is 5.26 Å². The summed E-state index contributed by atoms with van der Waals surface area (Å²) in [7, 11) is 0. The van der Waals surface area contributed by atoms with E-state index >= 15 is 0 Å². The van der Waals surface area contributed by atoms with Gasteiger partial charge in [-0.15, -0.1) is 5.10 Å². The number of benzene rings is 1. The van der Waals surface area contributed by atoms with E-state index in [4.69, 9.17) is 11.6 Å². The molecule has 2 aliphatic heterocycles. The van der Waals surface area contributed by atoms with Crippen molar-refractivity contribution < 1.29 is 0 Å². The second-order valence-electron chi connectivity index (χ2n) is 9.45. The van der Waals surface area contributed by atoms with Crippen LogP contribution >= 0.6 is 11.6 Å². The van der Waals surface area contributed by atoms with Gasteiger partial charge in [-0.1, -0.05) is 11.6 Å². The summed E-state index contributed by atoms with van der Waals surface area (Å²) in [5, 5.41) is 25.1. The minimum atomic E-state index is 0.216. The van der Waals surface area contributed by atoms with Crippen LogP contribution in [0.3, 0.4) is 0 Å². The summed E-state index contributed by atoms with van der Waals surface area (Å²) in [5.41, 5.74) is 4.01. The summed E-state index contributed by atoms with van der Waals surface area (Å²) in [6.07, 6.45) is 7.30. The summed E-state index contributed by atoms with van der Waals surface area (Å²) in [6, 6.07) is 6.69. The van der Waals surface area contributed by atoms with Crippen LogP contribution in [0.4, 0.5) is 23.1 Å². The molecule has 3 aliphatic rings. The predicted octanol–water partition coefficient (Wildman–Crippen LogP) is 3.61. The predicted molar refractivity (Wildman–Crippen MR) is 128 cm³/mol. The van der Waals surface area contributed by atoms with Crippen LogP contribution in [0.5, 0.6) is 0 Å². The van der Waals surface area contributed by atoms with Crippen LogP contribution in [0.25, 0.3) is 5.65 Å². The lowest BCUT2D eigenvalue weighted by Crippen LogP contribution is -2.42. The van der Waals surface area contributed by atoms with Crippen molar-refractivity contribution in [2.24, 2.45) is 0 Å². The Balaban J connectivity index is 1.35. The van der Waals surface area contributed by atoms with Crippen molar-refractivity contribution >= 4 is 40.4 Å². The van der Waals surface area contributed by atoms with Gasteiger partial charge in [0.2, 0.25) is 5.95 Å². The van der Waals surface area contributed by atoms with Crippen molar-refractivity contribution in [1.29, 1.82) is 5.26 Å². The van der Waals surface area contributed by atoms with E-state index in [2.05, 4.69) is 55.0 Å². The molecule has 3 N–H and O–H groups in total. The molecule has 1 aromatic carbocycles. The van der Waals surface area contributed by atoms with Crippen LogP contribution in [-0.4, -0.2) is 50.8 Å². The summed E-state index contributed by atoms with van der Waals surface area (Å²) < 4.78 is 1.53. The fourth-order valence-corrected chi connectivity index (χ4v) is 5.29. The van der Waals surface area contributed by atoms with Crippen molar-refractivity contribution in [3.63, 3.8) is 0 Å². The number of imidazole rings is 1. The molecule has 1 spiro atoms. The van der Waals surface area contributed by atoms with Gasteiger partial charge in [-0.2, -0.15) is 14.8 Å². The molecule has 10 heteroatoms. The number of nitrogens with one attached hydrogen (secondary N) is 3. The fraction of sp³-hybridized carbons (Fsp3) is 0.478. The Morgan fingerprint density at radius 3 is 2.94 bits per heavy atom. The molecule has 3 aromatic rings. The van der Waals surface area contributed by atoms with Crippen molar-refractivity contribution in [2.45, 2.75) is 50.6 Å². The SMILES string of the molecule is Cc1cc(Nc2nc(NC3CC3)c3ncc(C#N)n3n2)c(Cl)c(N2CCC3(CCCN3)C2)c1. The third-order valence-electron chi connectivity index (χ3n) is 6.87. The van der Waals surface area contributed by atoms with Gasteiger partial charge < -0.3 is 20.9 Å². The highest BCUT2D eigenvalue weighted by Crippen LogP contribution is 2.40. The number of halogens is 1. The molecule has 2 saturated heterocycles. The van der Waals surface area contributed by atoms with Gasteiger partial charge in [0.05, 0.1) is 22.6 Å². The van der Waals surface area contributed by atoms with Gasteiger partial charge in [-0.25, -0.2) is 4.98 Å². The average molecular weight is 464 g/mol. The van der Waals surface area contributed by atoms with Crippen molar-refractivity contribution in [3.8, 4) is 6.07 Å². The number of nitriles is 1. The van der Waals surface area contributed by atoms with Crippen LogP contribution < -0.4 is 20.9 Å². The number of aromatic nitrogens is 4. The Hall–Kier alpha value is -3.09. The first kappa shape index (κ1) is 20.5. The van der Waals surface area contributed by atoms with E-state index in [0.29, 0.717) is 34.2 Å². The van der Waals surface area contributed by atoms with Gasteiger partial charge in [0.1, 0.15) is 6.07 Å². The second kappa shape index (κ2) is 7.75. The first-order chi connectivity index (χ1) is 16.0. The van der Waals surface area contributed by atoms with Gasteiger partial charge >= 0.3 is 0 Å². The minimum absolute atomic E-state index is 0.216. The Bertz CT molecular complexity index is 1270. The van der Waals surface area contributed by atoms with Crippen molar-refractivity contribution in [3.05, 3.63) is 34.6 Å². The zero-order chi connectivity index (χ0) is 22.6. The molecule has 0 radical (unpaired) electrons. The molecule has 1 aliphatic carbocycles. The molecule has 2 aromatic heterocycles. The maximum atomic E-state index is 9.47. The molecule has 1 atom stereocenters. The molecule has 0 bridgehead atoms. The normalized spacial score (nSPS) is 22.3. The highest BCUT2D eigenvalue weighted by Gasteiger charge is 2.40. The number of hydrogen-bond acceptors (Lipinski definition) is 8. The third-order valence-corrected chi connectivity index (χ3v) is 7.26. The number of nitrogens with zero attached hydrogens (tertiary/aromatic N) is 6. The zero-order valence-electron chi connectivity index (χ0n) is 18.5. The molecule has 6 rings (SSSR count). The summed E-state index contributed by atoms with van der Waals surface area (Å²) in [6.45, 7) is 5.11. The third kappa shape index (κ3) is 3.73. The first-order valence-electron chi connectivity index (χ1n) is 11.5. The molecule has 0 amide bonds. The lowest BCUT2D eigenvalue weighted by molar-refractivity contribution is 0.419. The monoisotopic (exact) mass is 463 g/mol. The fourth-order valence-electron chi connectivity index (χ4n) is 5.01. The molecular formula is C23H26ClN9. The molecule has 9 nitrogen and oxygen atoms in total. The van der Waals surface area contributed by atoms with Crippen molar-refractivity contribution in [1.82, 2.24) is 24.9 Å². The first-order valence-corrected chi connectivity index (χ1v) is 11.9. The van der Waals surface area contributed by atoms with E-state index in [-0.39, 0.29) is 5.54 Å². The molecule has 4 heterocycles. The zero-order valence-corrected chi connectivity index (χ0v) is 19.3. The van der Waals surface area contributed by atoms with Crippen LogP contribution in [0.2, 0.25) is 5.02 Å². The second-order valence-corrected chi connectivity index (χ2v) is 9.82. The molecule has 3 fully saturated rings. The van der Waals surface area contributed by atoms with Gasteiger partial charge in [-0.3, -0.25) is 0 Å². The number of hydrogen-bond donors (Lipinski definition) is 3. The Kier molecular flexibility index (Phi) is 4.82. The smallest absolute Gasteiger partial charge is 0.247 e. The van der Waals surface area contributed by atoms with Crippen LogP contribution in [0.15, 0.2) is 18.3 Å². The summed E-state index contributed by atoms with van der Waals surface area (Å²) >= 11 is 6.93. The highest BCUT2D eigenvalue weighted by molar-refractivity contribution is 6.36. The van der Waals surface area contributed by atoms with Crippen LogP contribution in [0, 0.1) is 18.3 Å². The Morgan fingerprint density at radius 2 is 2.18 bits per heavy atom. The highest BCUT2D eigenvalue weighted by atomic mass is 35.5. The van der Waals surface area contributed by atoms with Gasteiger partial charge in [0, 0.05) is 24.7 Å². The Labute approximate surface area is 197 Å². The molecular weight excluding hydrogens is 438 g/mol. The maximum Gasteiger partial charge on any atom is 0.247 e. The van der Waals surface area contributed by atoms with E-state index < -0.39 is 0 Å². The Morgan fingerprint density at radius 1 is 1.30 bits per heavy atom. The largest absolute Gasteiger partial charge is 0.368 e. The number of aryl methyl sites for hydroxylation is 1. The number of anilines is 4. The molecule has 1 saturated carbocycles.